The number of carbonyl (C=O) groups is 2. The minimum absolute atomic E-state index is 0.0638. The third-order valence-electron chi connectivity index (χ3n) is 3.47. The number of imide groups is 1. The molecule has 2 aromatic carbocycles. The summed E-state index contributed by atoms with van der Waals surface area (Å²) >= 11 is 7.01. The van der Waals surface area contributed by atoms with Crippen LogP contribution in [0, 0.1) is 0 Å². The van der Waals surface area contributed by atoms with Gasteiger partial charge in [0.2, 0.25) is 0 Å². The number of nitrogens with two attached hydrogens (primary N) is 1. The fraction of sp³-hybridized carbons (Fsp3) is 0.0625. The fourth-order valence-corrected chi connectivity index (χ4v) is 4.03. The summed E-state index contributed by atoms with van der Waals surface area (Å²) in [7, 11) is -3.35. The molecule has 4 N–H and O–H groups in total. The van der Waals surface area contributed by atoms with E-state index in [0.717, 1.165) is 17.6 Å². The summed E-state index contributed by atoms with van der Waals surface area (Å²) in [4.78, 5) is 28.5. The van der Waals surface area contributed by atoms with E-state index >= 15 is 0 Å². The molecule has 0 saturated carbocycles. The SMILES string of the molecule is CS(=O)(=O)c1ccc2nc(NC(=O)NC(=O)c3cc(N)ccc3Cl)sc2c1. The van der Waals surface area contributed by atoms with Crippen LogP contribution in [0.2, 0.25) is 5.02 Å². The first-order valence-corrected chi connectivity index (χ1v) is 10.5. The van der Waals surface area contributed by atoms with Crippen LogP contribution in [-0.4, -0.2) is 31.6 Å². The molecule has 0 fully saturated rings. The average molecular weight is 425 g/mol. The van der Waals surface area contributed by atoms with E-state index < -0.39 is 21.8 Å². The predicted octanol–water partition coefficient (Wildman–Crippen LogP) is 2.90. The van der Waals surface area contributed by atoms with Crippen molar-refractivity contribution >= 4 is 65.7 Å². The first kappa shape index (κ1) is 19.1. The number of urea groups is 1. The monoisotopic (exact) mass is 424 g/mol. The van der Waals surface area contributed by atoms with Crippen molar-refractivity contribution in [2.45, 2.75) is 4.90 Å². The van der Waals surface area contributed by atoms with Gasteiger partial charge in [0.25, 0.3) is 5.91 Å². The van der Waals surface area contributed by atoms with Gasteiger partial charge in [-0.3, -0.25) is 15.4 Å². The Morgan fingerprint density at radius 3 is 2.63 bits per heavy atom. The number of halogens is 1. The number of nitrogens with zero attached hydrogens (tertiary/aromatic N) is 1. The molecule has 3 amide bonds. The van der Waals surface area contributed by atoms with Crippen molar-refractivity contribution in [3.05, 3.63) is 47.0 Å². The van der Waals surface area contributed by atoms with E-state index in [1.54, 1.807) is 6.07 Å². The van der Waals surface area contributed by atoms with Gasteiger partial charge in [-0.1, -0.05) is 22.9 Å². The Morgan fingerprint density at radius 2 is 1.93 bits per heavy atom. The fourth-order valence-electron chi connectivity index (χ4n) is 2.20. The number of thiazole rings is 1. The minimum atomic E-state index is -3.35. The van der Waals surface area contributed by atoms with Crippen LogP contribution >= 0.6 is 22.9 Å². The zero-order valence-corrected chi connectivity index (χ0v) is 16.2. The van der Waals surface area contributed by atoms with Gasteiger partial charge in [0, 0.05) is 11.9 Å². The highest BCUT2D eigenvalue weighted by molar-refractivity contribution is 7.90. The highest BCUT2D eigenvalue weighted by Crippen LogP contribution is 2.28. The maximum Gasteiger partial charge on any atom is 0.327 e. The topological polar surface area (TPSA) is 131 Å². The van der Waals surface area contributed by atoms with Crippen LogP contribution in [0.25, 0.3) is 10.2 Å². The number of benzene rings is 2. The molecule has 27 heavy (non-hydrogen) atoms. The second-order valence-electron chi connectivity index (χ2n) is 5.57. The van der Waals surface area contributed by atoms with E-state index in [1.165, 1.54) is 30.3 Å². The summed E-state index contributed by atoms with van der Waals surface area (Å²) in [5.74, 6) is -0.717. The molecule has 0 saturated heterocycles. The van der Waals surface area contributed by atoms with E-state index in [4.69, 9.17) is 17.3 Å². The van der Waals surface area contributed by atoms with E-state index in [1.807, 2.05) is 0 Å². The largest absolute Gasteiger partial charge is 0.399 e. The van der Waals surface area contributed by atoms with Crippen molar-refractivity contribution in [3.63, 3.8) is 0 Å². The van der Waals surface area contributed by atoms with Crippen molar-refractivity contribution in [2.75, 3.05) is 17.3 Å². The maximum absolute atomic E-state index is 12.1. The molecule has 0 aliphatic rings. The molecule has 3 rings (SSSR count). The van der Waals surface area contributed by atoms with Gasteiger partial charge in [0.1, 0.15) is 0 Å². The number of sulfone groups is 1. The Hall–Kier alpha value is -2.69. The Balaban J connectivity index is 1.76. The molecule has 0 unspecified atom stereocenters. The highest BCUT2D eigenvalue weighted by Gasteiger charge is 2.16. The zero-order chi connectivity index (χ0) is 19.8. The van der Waals surface area contributed by atoms with Gasteiger partial charge in [0.15, 0.2) is 15.0 Å². The van der Waals surface area contributed by atoms with Crippen LogP contribution in [0.5, 0.6) is 0 Å². The lowest BCUT2D eigenvalue weighted by Gasteiger charge is -2.06. The van der Waals surface area contributed by atoms with Crippen molar-refractivity contribution in [3.8, 4) is 0 Å². The smallest absolute Gasteiger partial charge is 0.327 e. The molecule has 0 aliphatic carbocycles. The molecule has 1 aromatic heterocycles. The van der Waals surface area contributed by atoms with Gasteiger partial charge in [-0.25, -0.2) is 18.2 Å². The van der Waals surface area contributed by atoms with Gasteiger partial charge in [-0.15, -0.1) is 0 Å². The number of aromatic nitrogens is 1. The van der Waals surface area contributed by atoms with Crippen molar-refractivity contribution in [2.24, 2.45) is 0 Å². The summed E-state index contributed by atoms with van der Waals surface area (Å²) in [5.41, 5.74) is 6.53. The number of nitrogens with one attached hydrogen (secondary N) is 2. The first-order valence-electron chi connectivity index (χ1n) is 7.41. The van der Waals surface area contributed by atoms with E-state index in [2.05, 4.69) is 15.6 Å². The van der Waals surface area contributed by atoms with Crippen LogP contribution in [0.1, 0.15) is 10.4 Å². The molecule has 140 valence electrons. The molecular weight excluding hydrogens is 412 g/mol. The normalized spacial score (nSPS) is 11.3. The number of anilines is 2. The van der Waals surface area contributed by atoms with Gasteiger partial charge < -0.3 is 5.73 Å². The number of hydrogen-bond donors (Lipinski definition) is 3. The van der Waals surface area contributed by atoms with Crippen molar-refractivity contribution in [1.29, 1.82) is 0 Å². The Kier molecular flexibility index (Phi) is 5.05. The molecule has 0 atom stereocenters. The molecule has 0 aliphatic heterocycles. The highest BCUT2D eigenvalue weighted by atomic mass is 35.5. The molecule has 0 spiro atoms. The molecule has 0 radical (unpaired) electrons. The number of rotatable bonds is 3. The summed E-state index contributed by atoms with van der Waals surface area (Å²) < 4.78 is 23.8. The van der Waals surface area contributed by atoms with Gasteiger partial charge in [0.05, 0.1) is 25.7 Å². The molecule has 3 aromatic rings. The summed E-state index contributed by atoms with van der Waals surface area (Å²) in [5, 5.41) is 4.93. The summed E-state index contributed by atoms with van der Waals surface area (Å²) in [6.07, 6.45) is 1.11. The Morgan fingerprint density at radius 1 is 1.19 bits per heavy atom. The van der Waals surface area contributed by atoms with Crippen LogP contribution < -0.4 is 16.4 Å². The number of amides is 3. The quantitative estimate of drug-likeness (QED) is 0.554. The first-order chi connectivity index (χ1) is 12.6. The predicted molar refractivity (Wildman–Crippen MR) is 105 cm³/mol. The van der Waals surface area contributed by atoms with Crippen molar-refractivity contribution in [1.82, 2.24) is 10.3 Å². The zero-order valence-electron chi connectivity index (χ0n) is 13.8. The maximum atomic E-state index is 12.1. The average Bonchev–Trinajstić information content (AvgIpc) is 2.97. The second kappa shape index (κ2) is 7.14. The lowest BCUT2D eigenvalue weighted by molar-refractivity contribution is 0.0967. The third kappa shape index (κ3) is 4.35. The number of fused-ring (bicyclic) bond motifs is 1. The molecule has 8 nitrogen and oxygen atoms in total. The van der Waals surface area contributed by atoms with Gasteiger partial charge in [-0.2, -0.15) is 0 Å². The van der Waals surface area contributed by atoms with Gasteiger partial charge >= 0.3 is 6.03 Å². The molecule has 0 bridgehead atoms. The number of carbonyl (C=O) groups excluding carboxylic acids is 2. The molecule has 11 heteroatoms. The van der Waals surface area contributed by atoms with E-state index in [9.17, 15) is 18.0 Å². The molecule has 1 heterocycles. The molecular formula is C16H13ClN4O4S2. The lowest BCUT2D eigenvalue weighted by atomic mass is 10.2. The van der Waals surface area contributed by atoms with E-state index in [0.29, 0.717) is 15.9 Å². The van der Waals surface area contributed by atoms with Crippen LogP contribution in [0.4, 0.5) is 15.6 Å². The number of nitrogen functional groups attached to an aromatic ring is 1. The standard InChI is InChI=1S/C16H13ClN4O4S2/c1-27(24,25)9-3-5-12-13(7-9)26-16(19-12)21-15(23)20-14(22)10-6-8(18)2-4-11(10)17/h2-7H,18H2,1H3,(H2,19,20,21,22,23). The summed E-state index contributed by atoms with van der Waals surface area (Å²) in [6, 6.07) is 8.00. The second-order valence-corrected chi connectivity index (χ2v) is 9.02. The van der Waals surface area contributed by atoms with Crippen LogP contribution in [0.3, 0.4) is 0 Å². The van der Waals surface area contributed by atoms with Crippen molar-refractivity contribution < 1.29 is 18.0 Å². The summed E-state index contributed by atoms with van der Waals surface area (Å²) in [6.45, 7) is 0. The van der Waals surface area contributed by atoms with Gasteiger partial charge in [-0.05, 0) is 36.4 Å². The minimum Gasteiger partial charge on any atom is -0.399 e. The van der Waals surface area contributed by atoms with E-state index in [-0.39, 0.29) is 20.6 Å². The third-order valence-corrected chi connectivity index (χ3v) is 5.84. The Labute approximate surface area is 163 Å². The van der Waals surface area contributed by atoms with Crippen LogP contribution in [0.15, 0.2) is 41.3 Å². The Bertz CT molecular complexity index is 1170. The lowest BCUT2D eigenvalue weighted by Crippen LogP contribution is -2.34. The number of hydrogen-bond acceptors (Lipinski definition) is 7. The van der Waals surface area contributed by atoms with Crippen LogP contribution in [-0.2, 0) is 9.84 Å².